The van der Waals surface area contributed by atoms with E-state index in [2.05, 4.69) is 15.3 Å². The molecule has 0 saturated carbocycles. The van der Waals surface area contributed by atoms with Gasteiger partial charge in [-0.2, -0.15) is 0 Å². The number of hydrogen-bond acceptors (Lipinski definition) is 4. The summed E-state index contributed by atoms with van der Waals surface area (Å²) < 4.78 is 0. The zero-order valence-corrected chi connectivity index (χ0v) is 11.5. The van der Waals surface area contributed by atoms with Gasteiger partial charge in [0.25, 0.3) is 0 Å². The van der Waals surface area contributed by atoms with Gasteiger partial charge in [-0.3, -0.25) is 0 Å². The third kappa shape index (κ3) is 4.48. The van der Waals surface area contributed by atoms with E-state index in [4.69, 9.17) is 11.6 Å². The predicted molar refractivity (Wildman–Crippen MR) is 70.5 cm³/mol. The predicted octanol–water partition coefficient (Wildman–Crippen LogP) is 2.61. The van der Waals surface area contributed by atoms with Crippen LogP contribution in [-0.4, -0.2) is 27.7 Å². The Morgan fingerprint density at radius 1 is 1.41 bits per heavy atom. The lowest BCUT2D eigenvalue weighted by Crippen LogP contribution is -2.21. The van der Waals surface area contributed by atoms with Crippen LogP contribution in [0.2, 0.25) is 5.15 Å². The molecule has 0 aliphatic carbocycles. The first-order chi connectivity index (χ1) is 7.82. The minimum absolute atomic E-state index is 0.148. The van der Waals surface area contributed by atoms with E-state index in [-0.39, 0.29) is 11.5 Å². The molecule has 1 atom stereocenters. The van der Waals surface area contributed by atoms with E-state index < -0.39 is 0 Å². The fourth-order valence-corrected chi connectivity index (χ4v) is 1.39. The van der Waals surface area contributed by atoms with Crippen molar-refractivity contribution in [2.45, 2.75) is 45.6 Å². The summed E-state index contributed by atoms with van der Waals surface area (Å²) in [6.45, 7) is 8.49. The third-order valence-electron chi connectivity index (χ3n) is 2.36. The van der Waals surface area contributed by atoms with Crippen LogP contribution in [0.25, 0.3) is 0 Å². The summed E-state index contributed by atoms with van der Waals surface area (Å²) in [5.74, 6) is 1.35. The SMILES string of the molecule is CCC(O)CNc1cc(Cl)nc(C(C)(C)C)n1. The van der Waals surface area contributed by atoms with Crippen molar-refractivity contribution in [3.63, 3.8) is 0 Å². The van der Waals surface area contributed by atoms with Crippen LogP contribution in [0.5, 0.6) is 0 Å². The standard InChI is InChI=1S/C12H20ClN3O/c1-5-8(17)7-14-10-6-9(13)15-11(16-10)12(2,3)4/h6,8,17H,5,7H2,1-4H3,(H,14,15,16). The number of hydrogen-bond donors (Lipinski definition) is 2. The molecule has 0 amide bonds. The number of anilines is 1. The Bertz CT molecular complexity index is 377. The molecule has 1 rings (SSSR count). The number of aliphatic hydroxyl groups excluding tert-OH is 1. The minimum atomic E-state index is -0.373. The number of rotatable bonds is 4. The first kappa shape index (κ1) is 14.2. The van der Waals surface area contributed by atoms with E-state index in [1.54, 1.807) is 6.07 Å². The first-order valence-electron chi connectivity index (χ1n) is 5.80. The molecular weight excluding hydrogens is 238 g/mol. The second kappa shape index (κ2) is 5.65. The smallest absolute Gasteiger partial charge is 0.137 e. The summed E-state index contributed by atoms with van der Waals surface area (Å²) in [6, 6.07) is 1.67. The lowest BCUT2D eigenvalue weighted by Gasteiger charge is -2.18. The summed E-state index contributed by atoms with van der Waals surface area (Å²) in [4.78, 5) is 8.60. The molecule has 96 valence electrons. The van der Waals surface area contributed by atoms with Crippen LogP contribution in [0.3, 0.4) is 0 Å². The zero-order chi connectivity index (χ0) is 13.1. The van der Waals surface area contributed by atoms with Gasteiger partial charge in [0.1, 0.15) is 16.8 Å². The molecule has 1 unspecified atom stereocenters. The number of aliphatic hydroxyl groups is 1. The van der Waals surface area contributed by atoms with Crippen LogP contribution in [0.15, 0.2) is 6.07 Å². The lowest BCUT2D eigenvalue weighted by molar-refractivity contribution is 0.183. The molecule has 4 nitrogen and oxygen atoms in total. The van der Waals surface area contributed by atoms with Gasteiger partial charge in [0.15, 0.2) is 0 Å². The maximum absolute atomic E-state index is 9.48. The topological polar surface area (TPSA) is 58.0 Å². The molecule has 17 heavy (non-hydrogen) atoms. The molecule has 0 aliphatic heterocycles. The highest BCUT2D eigenvalue weighted by Gasteiger charge is 2.18. The van der Waals surface area contributed by atoms with Crippen molar-refractivity contribution in [2.24, 2.45) is 0 Å². The van der Waals surface area contributed by atoms with Crippen molar-refractivity contribution in [1.29, 1.82) is 0 Å². The molecule has 0 bridgehead atoms. The van der Waals surface area contributed by atoms with Gasteiger partial charge in [0.05, 0.1) is 6.10 Å². The lowest BCUT2D eigenvalue weighted by atomic mass is 9.96. The van der Waals surface area contributed by atoms with Crippen LogP contribution in [0.4, 0.5) is 5.82 Å². The molecule has 1 aromatic heterocycles. The zero-order valence-electron chi connectivity index (χ0n) is 10.8. The van der Waals surface area contributed by atoms with Crippen LogP contribution < -0.4 is 5.32 Å². The quantitative estimate of drug-likeness (QED) is 0.814. The highest BCUT2D eigenvalue weighted by atomic mass is 35.5. The summed E-state index contributed by atoms with van der Waals surface area (Å²) in [5, 5.41) is 13.0. The maximum Gasteiger partial charge on any atom is 0.137 e. The molecule has 0 aliphatic rings. The molecule has 0 radical (unpaired) electrons. The second-order valence-electron chi connectivity index (χ2n) is 5.09. The van der Waals surface area contributed by atoms with E-state index in [1.165, 1.54) is 0 Å². The van der Waals surface area contributed by atoms with Crippen molar-refractivity contribution in [2.75, 3.05) is 11.9 Å². The van der Waals surface area contributed by atoms with Gasteiger partial charge in [-0.05, 0) is 6.42 Å². The van der Waals surface area contributed by atoms with Crippen LogP contribution in [0, 0.1) is 0 Å². The van der Waals surface area contributed by atoms with Gasteiger partial charge in [0.2, 0.25) is 0 Å². The summed E-state index contributed by atoms with van der Waals surface area (Å²) in [6.07, 6.45) is 0.333. The van der Waals surface area contributed by atoms with Crippen LogP contribution in [-0.2, 0) is 5.41 Å². The molecule has 1 heterocycles. The first-order valence-corrected chi connectivity index (χ1v) is 6.17. The van der Waals surface area contributed by atoms with Crippen molar-refractivity contribution >= 4 is 17.4 Å². The maximum atomic E-state index is 9.48. The van der Waals surface area contributed by atoms with Crippen molar-refractivity contribution in [3.05, 3.63) is 17.0 Å². The average molecular weight is 258 g/mol. The molecule has 0 spiro atoms. The van der Waals surface area contributed by atoms with Gasteiger partial charge in [-0.15, -0.1) is 0 Å². The van der Waals surface area contributed by atoms with Crippen molar-refractivity contribution in [1.82, 2.24) is 9.97 Å². The van der Waals surface area contributed by atoms with E-state index in [0.29, 0.717) is 29.8 Å². The average Bonchev–Trinajstić information content (AvgIpc) is 2.24. The molecule has 2 N–H and O–H groups in total. The van der Waals surface area contributed by atoms with Crippen molar-refractivity contribution in [3.8, 4) is 0 Å². The Labute approximate surface area is 107 Å². The molecular formula is C12H20ClN3O. The molecule has 0 saturated heterocycles. The van der Waals surface area contributed by atoms with Gasteiger partial charge in [-0.1, -0.05) is 39.3 Å². The monoisotopic (exact) mass is 257 g/mol. The normalized spacial score (nSPS) is 13.5. The molecule has 0 aromatic carbocycles. The van der Waals surface area contributed by atoms with E-state index in [0.717, 1.165) is 0 Å². The highest BCUT2D eigenvalue weighted by Crippen LogP contribution is 2.22. The Morgan fingerprint density at radius 3 is 2.59 bits per heavy atom. The molecule has 5 heteroatoms. The van der Waals surface area contributed by atoms with Crippen LogP contribution in [0.1, 0.15) is 39.9 Å². The molecule has 1 aromatic rings. The number of nitrogens with zero attached hydrogens (tertiary/aromatic N) is 2. The van der Waals surface area contributed by atoms with Gasteiger partial charge in [0, 0.05) is 18.0 Å². The number of halogens is 1. The Hall–Kier alpha value is -0.870. The molecule has 0 fully saturated rings. The Balaban J connectivity index is 2.83. The Kier molecular flexibility index (Phi) is 4.71. The number of nitrogens with one attached hydrogen (secondary N) is 1. The summed E-state index contributed by atoms with van der Waals surface area (Å²) >= 11 is 5.95. The number of aromatic nitrogens is 2. The van der Waals surface area contributed by atoms with Crippen molar-refractivity contribution < 1.29 is 5.11 Å². The van der Waals surface area contributed by atoms with Gasteiger partial charge >= 0.3 is 0 Å². The fourth-order valence-electron chi connectivity index (χ4n) is 1.21. The minimum Gasteiger partial charge on any atom is -0.391 e. The van der Waals surface area contributed by atoms with Crippen LogP contribution >= 0.6 is 11.6 Å². The summed E-state index contributed by atoms with van der Waals surface area (Å²) in [5.41, 5.74) is -0.148. The second-order valence-corrected chi connectivity index (χ2v) is 5.48. The van der Waals surface area contributed by atoms with E-state index >= 15 is 0 Å². The summed E-state index contributed by atoms with van der Waals surface area (Å²) in [7, 11) is 0. The fraction of sp³-hybridized carbons (Fsp3) is 0.667. The van der Waals surface area contributed by atoms with Gasteiger partial charge < -0.3 is 10.4 Å². The van der Waals surface area contributed by atoms with Gasteiger partial charge in [-0.25, -0.2) is 9.97 Å². The Morgan fingerprint density at radius 2 is 2.06 bits per heavy atom. The largest absolute Gasteiger partial charge is 0.391 e. The van der Waals surface area contributed by atoms with E-state index in [1.807, 2.05) is 27.7 Å². The third-order valence-corrected chi connectivity index (χ3v) is 2.55. The van der Waals surface area contributed by atoms with E-state index in [9.17, 15) is 5.11 Å². The highest BCUT2D eigenvalue weighted by molar-refractivity contribution is 6.29.